The lowest BCUT2D eigenvalue weighted by atomic mass is 9.96. The lowest BCUT2D eigenvalue weighted by molar-refractivity contribution is -0.140. The molecule has 2 aromatic heterocycles. The van der Waals surface area contributed by atoms with Crippen LogP contribution < -0.4 is 9.47 Å². The number of aromatic nitrogens is 2. The highest BCUT2D eigenvalue weighted by Gasteiger charge is 2.46. The van der Waals surface area contributed by atoms with Gasteiger partial charge in [-0.3, -0.25) is 9.59 Å². The number of Topliss-reactive ketones (excluding diaryl/α,β-unsaturated/α-hetero) is 1. The number of ketones is 1. The number of imidazole rings is 1. The molecule has 1 saturated heterocycles. The highest BCUT2D eigenvalue weighted by Crippen LogP contribution is 2.42. The molecule has 0 aliphatic carbocycles. The van der Waals surface area contributed by atoms with Crippen molar-refractivity contribution in [1.82, 2.24) is 19.2 Å². The van der Waals surface area contributed by atoms with Crippen molar-refractivity contribution in [3.05, 3.63) is 64.6 Å². The Bertz CT molecular complexity index is 1460. The Kier molecular flexibility index (Phi) is 10.3. The van der Waals surface area contributed by atoms with Crippen molar-refractivity contribution in [2.24, 2.45) is 0 Å². The highest BCUT2D eigenvalue weighted by atomic mass is 16.5. The molecular weight excluding hydrogens is 532 g/mol. The summed E-state index contributed by atoms with van der Waals surface area (Å²) in [5, 5.41) is 11.7. The highest BCUT2D eigenvalue weighted by molar-refractivity contribution is 6.46. The number of likely N-dealkylation sites (tertiary alicyclic amines) is 1. The van der Waals surface area contributed by atoms with E-state index < -0.39 is 17.7 Å². The number of fused-ring (bicyclic) bond motifs is 1. The normalized spacial score (nSPS) is 16.6. The summed E-state index contributed by atoms with van der Waals surface area (Å²) in [6.45, 7) is 15.5. The molecule has 3 aromatic rings. The number of benzene rings is 1. The van der Waals surface area contributed by atoms with Crippen molar-refractivity contribution >= 4 is 23.1 Å². The standard InChI is InChI=1S/C33H44N4O5/c1-7-11-12-20-42-25-16-15-24(21-26(25)41-10-4)29-27(31(39)33(40)37(29)19-18-35(8-2)9-3)30(38)28-23(6)36-17-13-14-22(5)32(36)34-28/h13-17,21,29,38H,7-12,18-20H2,1-6H3/b30-27+. The number of amides is 1. The molecule has 9 heteroatoms. The van der Waals surface area contributed by atoms with Gasteiger partial charge < -0.3 is 28.8 Å². The quantitative estimate of drug-likeness (QED) is 0.114. The second-order valence-electron chi connectivity index (χ2n) is 10.6. The number of unbranched alkanes of at least 4 members (excludes halogenated alkanes) is 2. The first-order valence-corrected chi connectivity index (χ1v) is 15.1. The zero-order chi connectivity index (χ0) is 30.4. The molecular formula is C33H44N4O5. The molecule has 1 atom stereocenters. The zero-order valence-corrected chi connectivity index (χ0v) is 25.8. The molecule has 0 spiro atoms. The molecule has 0 radical (unpaired) electrons. The van der Waals surface area contributed by atoms with Gasteiger partial charge >= 0.3 is 0 Å². The van der Waals surface area contributed by atoms with Gasteiger partial charge in [-0.05, 0) is 69.6 Å². The number of aliphatic hydroxyl groups is 1. The fourth-order valence-corrected chi connectivity index (χ4v) is 5.54. The van der Waals surface area contributed by atoms with Gasteiger partial charge in [-0.2, -0.15) is 0 Å². The SMILES string of the molecule is CCCCCOc1ccc(C2/C(=C(\O)c3nc4c(C)cccn4c3C)C(=O)C(=O)N2CCN(CC)CC)cc1OCC. The number of rotatable bonds is 14. The summed E-state index contributed by atoms with van der Waals surface area (Å²) in [6, 6.07) is 8.56. The molecule has 1 aliphatic rings. The fraction of sp³-hybridized carbons (Fsp3) is 0.485. The number of carbonyl (C=O) groups excluding carboxylic acids is 2. The summed E-state index contributed by atoms with van der Waals surface area (Å²) in [4.78, 5) is 35.7. The molecule has 226 valence electrons. The zero-order valence-electron chi connectivity index (χ0n) is 25.8. The van der Waals surface area contributed by atoms with E-state index in [1.54, 1.807) is 4.90 Å². The van der Waals surface area contributed by atoms with E-state index in [2.05, 4.69) is 25.7 Å². The van der Waals surface area contributed by atoms with Crippen molar-refractivity contribution in [2.45, 2.75) is 66.8 Å². The molecule has 1 aliphatic heterocycles. The van der Waals surface area contributed by atoms with Crippen LogP contribution in [0.25, 0.3) is 11.4 Å². The first-order chi connectivity index (χ1) is 20.3. The number of aryl methyl sites for hydroxylation is 2. The number of aliphatic hydroxyl groups excluding tert-OH is 1. The third kappa shape index (κ3) is 6.16. The molecule has 9 nitrogen and oxygen atoms in total. The van der Waals surface area contributed by atoms with Crippen molar-refractivity contribution in [2.75, 3.05) is 39.4 Å². The number of hydrogen-bond acceptors (Lipinski definition) is 7. The van der Waals surface area contributed by atoms with Gasteiger partial charge in [0.25, 0.3) is 11.7 Å². The maximum absolute atomic E-state index is 13.7. The van der Waals surface area contributed by atoms with Gasteiger partial charge in [0, 0.05) is 19.3 Å². The average Bonchev–Trinajstić information content (AvgIpc) is 3.46. The van der Waals surface area contributed by atoms with E-state index in [0.717, 1.165) is 37.9 Å². The molecule has 1 fully saturated rings. The smallest absolute Gasteiger partial charge is 0.295 e. The Morgan fingerprint density at radius 1 is 1.02 bits per heavy atom. The van der Waals surface area contributed by atoms with E-state index in [0.29, 0.717) is 54.7 Å². The molecule has 0 saturated carbocycles. The Balaban J connectivity index is 1.84. The molecule has 0 bridgehead atoms. The Morgan fingerprint density at radius 2 is 1.79 bits per heavy atom. The monoisotopic (exact) mass is 576 g/mol. The van der Waals surface area contributed by atoms with Crippen molar-refractivity contribution < 1.29 is 24.2 Å². The Morgan fingerprint density at radius 3 is 2.45 bits per heavy atom. The molecule has 1 amide bonds. The van der Waals surface area contributed by atoms with Crippen LogP contribution in [0.15, 0.2) is 42.1 Å². The van der Waals surface area contributed by atoms with Crippen LogP contribution in [0.5, 0.6) is 11.5 Å². The molecule has 3 heterocycles. The number of nitrogens with zero attached hydrogens (tertiary/aromatic N) is 4. The van der Waals surface area contributed by atoms with Gasteiger partial charge in [-0.25, -0.2) is 4.98 Å². The van der Waals surface area contributed by atoms with Crippen molar-refractivity contribution in [1.29, 1.82) is 0 Å². The molecule has 42 heavy (non-hydrogen) atoms. The van der Waals surface area contributed by atoms with Crippen LogP contribution in [0.1, 0.15) is 75.5 Å². The average molecular weight is 577 g/mol. The minimum absolute atomic E-state index is 0.0303. The van der Waals surface area contributed by atoms with E-state index in [4.69, 9.17) is 14.5 Å². The number of likely N-dealkylation sites (N-methyl/N-ethyl adjacent to an activating group) is 1. The lowest BCUT2D eigenvalue weighted by Gasteiger charge is -2.28. The number of pyridine rings is 1. The van der Waals surface area contributed by atoms with Gasteiger partial charge in [0.2, 0.25) is 0 Å². The van der Waals surface area contributed by atoms with Crippen LogP contribution in [-0.4, -0.2) is 75.4 Å². The van der Waals surface area contributed by atoms with E-state index in [-0.39, 0.29) is 17.0 Å². The summed E-state index contributed by atoms with van der Waals surface area (Å²) in [5.74, 6) is -0.474. The predicted octanol–water partition coefficient (Wildman–Crippen LogP) is 5.68. The number of ether oxygens (including phenoxy) is 2. The topological polar surface area (TPSA) is 96.6 Å². The van der Waals surface area contributed by atoms with Crippen LogP contribution in [0.3, 0.4) is 0 Å². The second kappa shape index (κ2) is 13.9. The molecule has 4 rings (SSSR count). The van der Waals surface area contributed by atoms with E-state index in [1.165, 1.54) is 0 Å². The van der Waals surface area contributed by atoms with Gasteiger partial charge in [0.15, 0.2) is 17.3 Å². The van der Waals surface area contributed by atoms with Crippen LogP contribution in [0.2, 0.25) is 0 Å². The minimum Gasteiger partial charge on any atom is -0.505 e. The Hall–Kier alpha value is -3.85. The van der Waals surface area contributed by atoms with E-state index >= 15 is 0 Å². The molecule has 1 unspecified atom stereocenters. The second-order valence-corrected chi connectivity index (χ2v) is 10.6. The van der Waals surface area contributed by atoms with Gasteiger partial charge in [-0.1, -0.05) is 45.7 Å². The van der Waals surface area contributed by atoms with Crippen LogP contribution >= 0.6 is 0 Å². The van der Waals surface area contributed by atoms with E-state index in [1.807, 2.05) is 61.7 Å². The first kappa shape index (κ1) is 31.1. The van der Waals surface area contributed by atoms with Gasteiger partial charge in [0.05, 0.1) is 30.5 Å². The first-order valence-electron chi connectivity index (χ1n) is 15.1. The van der Waals surface area contributed by atoms with Crippen LogP contribution in [0.4, 0.5) is 0 Å². The third-order valence-electron chi connectivity index (χ3n) is 7.99. The fourth-order valence-electron chi connectivity index (χ4n) is 5.54. The summed E-state index contributed by atoms with van der Waals surface area (Å²) in [7, 11) is 0. The summed E-state index contributed by atoms with van der Waals surface area (Å²) in [5.41, 5.74) is 3.29. The minimum atomic E-state index is -0.806. The number of carbonyl (C=O) groups is 2. The largest absolute Gasteiger partial charge is 0.505 e. The summed E-state index contributed by atoms with van der Waals surface area (Å²) >= 11 is 0. The summed E-state index contributed by atoms with van der Waals surface area (Å²) in [6.07, 6.45) is 4.98. The van der Waals surface area contributed by atoms with Crippen LogP contribution in [0, 0.1) is 13.8 Å². The third-order valence-corrected chi connectivity index (χ3v) is 7.99. The molecule has 1 aromatic carbocycles. The van der Waals surface area contributed by atoms with E-state index in [9.17, 15) is 14.7 Å². The Labute approximate surface area is 248 Å². The molecule has 1 N–H and O–H groups in total. The van der Waals surface area contributed by atoms with Crippen molar-refractivity contribution in [3.63, 3.8) is 0 Å². The predicted molar refractivity (Wildman–Crippen MR) is 164 cm³/mol. The number of hydrogen-bond donors (Lipinski definition) is 1. The van der Waals surface area contributed by atoms with Gasteiger partial charge in [-0.15, -0.1) is 0 Å². The summed E-state index contributed by atoms with van der Waals surface area (Å²) < 4.78 is 13.9. The maximum atomic E-state index is 13.7. The van der Waals surface area contributed by atoms with Crippen LogP contribution in [-0.2, 0) is 9.59 Å². The van der Waals surface area contributed by atoms with Gasteiger partial charge in [0.1, 0.15) is 11.3 Å². The van der Waals surface area contributed by atoms with Crippen molar-refractivity contribution in [3.8, 4) is 11.5 Å². The maximum Gasteiger partial charge on any atom is 0.295 e. The lowest BCUT2D eigenvalue weighted by Crippen LogP contribution is -2.38.